The van der Waals surface area contributed by atoms with Crippen molar-refractivity contribution in [3.05, 3.63) is 27.7 Å². The van der Waals surface area contributed by atoms with Crippen LogP contribution in [0.25, 0.3) is 0 Å². The highest BCUT2D eigenvalue weighted by Crippen LogP contribution is 2.28. The third-order valence-corrected chi connectivity index (χ3v) is 2.59. The smallest absolute Gasteiger partial charge is 0.155 e. The zero-order valence-corrected chi connectivity index (χ0v) is 8.94. The molecule has 0 aliphatic carbocycles. The summed E-state index contributed by atoms with van der Waals surface area (Å²) < 4.78 is 13.6. The fourth-order valence-electron chi connectivity index (χ4n) is 1.24. The van der Waals surface area contributed by atoms with E-state index in [9.17, 15) is 4.39 Å². The summed E-state index contributed by atoms with van der Waals surface area (Å²) in [6, 6.07) is 0. The van der Waals surface area contributed by atoms with Crippen molar-refractivity contribution in [1.82, 2.24) is 4.98 Å². The molecule has 0 saturated heterocycles. The van der Waals surface area contributed by atoms with Gasteiger partial charge in [-0.3, -0.25) is 4.98 Å². The molecule has 0 aliphatic heterocycles. The Hall–Kier alpha value is -0.440. The van der Waals surface area contributed by atoms with E-state index in [1.54, 1.807) is 0 Å². The third kappa shape index (κ3) is 1.66. The Kier molecular flexibility index (Phi) is 2.83. The SMILES string of the molecule is Cc1ncc(F)c(Br)c1C(C)C. The van der Waals surface area contributed by atoms with Crippen LogP contribution in [0, 0.1) is 12.7 Å². The number of hydrogen-bond donors (Lipinski definition) is 0. The fraction of sp³-hybridized carbons (Fsp3) is 0.444. The molecule has 66 valence electrons. The Morgan fingerprint density at radius 1 is 1.50 bits per heavy atom. The monoisotopic (exact) mass is 231 g/mol. The van der Waals surface area contributed by atoms with Crippen molar-refractivity contribution in [1.29, 1.82) is 0 Å². The van der Waals surface area contributed by atoms with Crippen LogP contribution < -0.4 is 0 Å². The maximum absolute atomic E-state index is 13.0. The Labute approximate surface area is 80.1 Å². The van der Waals surface area contributed by atoms with Crippen LogP contribution >= 0.6 is 15.9 Å². The number of hydrogen-bond acceptors (Lipinski definition) is 1. The first-order valence-electron chi connectivity index (χ1n) is 3.84. The summed E-state index contributed by atoms with van der Waals surface area (Å²) in [5.74, 6) is 0.00637. The highest BCUT2D eigenvalue weighted by molar-refractivity contribution is 9.10. The normalized spacial score (nSPS) is 10.8. The van der Waals surface area contributed by atoms with Crippen molar-refractivity contribution in [2.75, 3.05) is 0 Å². The Morgan fingerprint density at radius 3 is 2.50 bits per heavy atom. The molecular weight excluding hydrogens is 221 g/mol. The molecule has 0 N–H and O–H groups in total. The summed E-state index contributed by atoms with van der Waals surface area (Å²) in [7, 11) is 0. The molecule has 1 aromatic rings. The number of pyridine rings is 1. The molecule has 0 radical (unpaired) electrons. The lowest BCUT2D eigenvalue weighted by molar-refractivity contribution is 0.606. The van der Waals surface area contributed by atoms with Crippen LogP contribution in [0.3, 0.4) is 0 Å². The van der Waals surface area contributed by atoms with Crippen LogP contribution in [0.2, 0.25) is 0 Å². The number of aryl methyl sites for hydroxylation is 1. The highest BCUT2D eigenvalue weighted by Gasteiger charge is 2.12. The Morgan fingerprint density at radius 2 is 2.08 bits per heavy atom. The molecule has 0 saturated carbocycles. The van der Waals surface area contributed by atoms with Crippen molar-refractivity contribution in [3.8, 4) is 0 Å². The molecule has 0 bridgehead atoms. The minimum absolute atomic E-state index is 0.288. The first-order valence-corrected chi connectivity index (χ1v) is 4.63. The van der Waals surface area contributed by atoms with Gasteiger partial charge in [-0.05, 0) is 34.3 Å². The lowest BCUT2D eigenvalue weighted by Gasteiger charge is -2.11. The van der Waals surface area contributed by atoms with Crippen molar-refractivity contribution in [2.45, 2.75) is 26.7 Å². The van der Waals surface area contributed by atoms with Gasteiger partial charge in [-0.2, -0.15) is 0 Å². The summed E-state index contributed by atoms with van der Waals surface area (Å²) in [5.41, 5.74) is 1.84. The first-order chi connectivity index (χ1) is 5.54. The topological polar surface area (TPSA) is 12.9 Å². The van der Waals surface area contributed by atoms with E-state index in [0.717, 1.165) is 11.3 Å². The summed E-state index contributed by atoms with van der Waals surface area (Å²) in [5, 5.41) is 0. The number of aromatic nitrogens is 1. The predicted octanol–water partition coefficient (Wildman–Crippen LogP) is 3.42. The second-order valence-electron chi connectivity index (χ2n) is 3.07. The zero-order valence-electron chi connectivity index (χ0n) is 7.36. The average molecular weight is 232 g/mol. The molecule has 1 aromatic heterocycles. The third-order valence-electron chi connectivity index (χ3n) is 1.78. The largest absolute Gasteiger partial charge is 0.258 e. The molecule has 0 spiro atoms. The van der Waals surface area contributed by atoms with Gasteiger partial charge in [-0.15, -0.1) is 0 Å². The van der Waals surface area contributed by atoms with Gasteiger partial charge in [0.25, 0.3) is 0 Å². The molecule has 0 fully saturated rings. The van der Waals surface area contributed by atoms with Crippen molar-refractivity contribution < 1.29 is 4.39 Å². The second-order valence-corrected chi connectivity index (χ2v) is 3.87. The molecule has 0 aliphatic rings. The van der Waals surface area contributed by atoms with Crippen molar-refractivity contribution in [3.63, 3.8) is 0 Å². The van der Waals surface area contributed by atoms with Crippen LogP contribution in [0.1, 0.15) is 31.0 Å². The van der Waals surface area contributed by atoms with E-state index in [2.05, 4.69) is 20.9 Å². The Bertz CT molecular complexity index is 297. The van der Waals surface area contributed by atoms with Gasteiger partial charge in [-0.1, -0.05) is 13.8 Å². The van der Waals surface area contributed by atoms with Gasteiger partial charge in [0.05, 0.1) is 10.7 Å². The van der Waals surface area contributed by atoms with E-state index in [-0.39, 0.29) is 5.82 Å². The Balaban J connectivity index is 3.33. The molecule has 1 nitrogen and oxygen atoms in total. The summed E-state index contributed by atoms with van der Waals surface area (Å²) >= 11 is 3.22. The molecular formula is C9H11BrFN. The number of halogens is 2. The first kappa shape index (κ1) is 9.65. The van der Waals surface area contributed by atoms with Crippen LogP contribution in [-0.4, -0.2) is 4.98 Å². The minimum Gasteiger partial charge on any atom is -0.258 e. The van der Waals surface area contributed by atoms with Crippen LogP contribution in [-0.2, 0) is 0 Å². The summed E-state index contributed by atoms with van der Waals surface area (Å²) in [6.45, 7) is 5.93. The van der Waals surface area contributed by atoms with E-state index in [4.69, 9.17) is 0 Å². The molecule has 0 atom stereocenters. The van der Waals surface area contributed by atoms with Crippen LogP contribution in [0.4, 0.5) is 4.39 Å². The molecule has 1 heterocycles. The molecule has 3 heteroatoms. The molecule has 12 heavy (non-hydrogen) atoms. The minimum atomic E-state index is -0.288. The molecule has 0 amide bonds. The maximum Gasteiger partial charge on any atom is 0.155 e. The van der Waals surface area contributed by atoms with Gasteiger partial charge in [0.1, 0.15) is 0 Å². The fourth-order valence-corrected chi connectivity index (χ4v) is 2.09. The molecule has 1 rings (SSSR count). The zero-order chi connectivity index (χ0) is 9.30. The van der Waals surface area contributed by atoms with Gasteiger partial charge in [-0.25, -0.2) is 4.39 Å². The van der Waals surface area contributed by atoms with Crippen molar-refractivity contribution in [2.24, 2.45) is 0 Å². The van der Waals surface area contributed by atoms with Gasteiger partial charge in [0.15, 0.2) is 5.82 Å². The molecule has 0 unspecified atom stereocenters. The van der Waals surface area contributed by atoms with E-state index in [1.165, 1.54) is 6.20 Å². The maximum atomic E-state index is 13.0. The lowest BCUT2D eigenvalue weighted by atomic mass is 10.0. The van der Waals surface area contributed by atoms with E-state index < -0.39 is 0 Å². The quantitative estimate of drug-likeness (QED) is 0.722. The van der Waals surface area contributed by atoms with Crippen molar-refractivity contribution >= 4 is 15.9 Å². The lowest BCUT2D eigenvalue weighted by Crippen LogP contribution is -1.98. The highest BCUT2D eigenvalue weighted by atomic mass is 79.9. The number of rotatable bonds is 1. The van der Waals surface area contributed by atoms with E-state index in [0.29, 0.717) is 10.4 Å². The van der Waals surface area contributed by atoms with Crippen LogP contribution in [0.15, 0.2) is 10.7 Å². The average Bonchev–Trinajstić information content (AvgIpc) is 1.97. The van der Waals surface area contributed by atoms with Gasteiger partial charge in [0, 0.05) is 5.69 Å². The number of nitrogens with zero attached hydrogens (tertiary/aromatic N) is 1. The molecule has 0 aromatic carbocycles. The van der Waals surface area contributed by atoms with Crippen LogP contribution in [0.5, 0.6) is 0 Å². The second kappa shape index (κ2) is 3.52. The van der Waals surface area contributed by atoms with Gasteiger partial charge >= 0.3 is 0 Å². The van der Waals surface area contributed by atoms with Gasteiger partial charge < -0.3 is 0 Å². The summed E-state index contributed by atoms with van der Waals surface area (Å²) in [6.07, 6.45) is 1.24. The van der Waals surface area contributed by atoms with E-state index in [1.807, 2.05) is 20.8 Å². The summed E-state index contributed by atoms with van der Waals surface area (Å²) in [4.78, 5) is 3.96. The van der Waals surface area contributed by atoms with E-state index >= 15 is 0 Å². The van der Waals surface area contributed by atoms with Gasteiger partial charge in [0.2, 0.25) is 0 Å². The predicted molar refractivity (Wildman–Crippen MR) is 50.7 cm³/mol. The standard InChI is InChI=1S/C9H11BrFN/c1-5(2)8-6(3)12-4-7(11)9(8)10/h4-5H,1-3H3.